The molecule has 3 aromatic rings. The Hall–Kier alpha value is -3.10. The van der Waals surface area contributed by atoms with E-state index in [9.17, 15) is 18.0 Å². The molecule has 0 spiro atoms. The van der Waals surface area contributed by atoms with Crippen LogP contribution in [-0.2, 0) is 4.79 Å². The summed E-state index contributed by atoms with van der Waals surface area (Å²) in [7, 11) is 0. The molecule has 0 radical (unpaired) electrons. The number of halogens is 3. The molecule has 0 bridgehead atoms. The summed E-state index contributed by atoms with van der Waals surface area (Å²) < 4.78 is 46.0. The van der Waals surface area contributed by atoms with Crippen LogP contribution in [0.25, 0.3) is 10.9 Å². The lowest BCUT2D eigenvalue weighted by Gasteiger charge is -2.22. The molecule has 3 aliphatic rings. The molecule has 3 fully saturated rings. The zero-order valence-electron chi connectivity index (χ0n) is 17.7. The fraction of sp³-hybridized carbons (Fsp3) is 0.458. The Balaban J connectivity index is 1.11. The Morgan fingerprint density at radius 2 is 1.97 bits per heavy atom. The van der Waals surface area contributed by atoms with E-state index >= 15 is 0 Å². The number of anilines is 1. The van der Waals surface area contributed by atoms with Crippen molar-refractivity contribution in [1.82, 2.24) is 14.8 Å². The summed E-state index contributed by atoms with van der Waals surface area (Å²) in [4.78, 5) is 17.3. The normalized spacial score (nSPS) is 26.9. The van der Waals surface area contributed by atoms with Crippen molar-refractivity contribution in [2.75, 3.05) is 5.32 Å². The molecular formula is C24H23F3N4O2. The minimum Gasteiger partial charge on any atom is -0.490 e. The first-order valence-electron chi connectivity index (χ1n) is 11.3. The predicted molar refractivity (Wildman–Crippen MR) is 114 cm³/mol. The number of nitrogens with zero attached hydrogens (tertiary/aromatic N) is 3. The molecular weight excluding hydrogens is 433 g/mol. The Labute approximate surface area is 188 Å². The third-order valence-electron chi connectivity index (χ3n) is 7.34. The lowest BCUT2D eigenvalue weighted by molar-refractivity contribution is -0.121. The highest BCUT2D eigenvalue weighted by Gasteiger charge is 2.63. The second-order valence-corrected chi connectivity index (χ2v) is 9.43. The van der Waals surface area contributed by atoms with Gasteiger partial charge in [-0.2, -0.15) is 13.9 Å². The highest BCUT2D eigenvalue weighted by molar-refractivity contribution is 5.93. The molecule has 33 heavy (non-hydrogen) atoms. The van der Waals surface area contributed by atoms with Crippen LogP contribution in [0.15, 0.2) is 42.9 Å². The standard InChI is InChI=1S/C24H23F3N4O2/c25-13-3-4-19-18(7-13)20(5-6-28-19)33-15-8-16-17(9-15)22(16)21(12-1-2-12)23(32)30-14-10-29-31(11-14)24(26)27/h3-7,10-12,15-17,21-22,24H,1-2,8-9H2,(H,30,32)/t15-,16-,17+,21?,22+. The van der Waals surface area contributed by atoms with Crippen LogP contribution in [-0.4, -0.2) is 26.8 Å². The molecule has 3 saturated carbocycles. The van der Waals surface area contributed by atoms with Crippen molar-refractivity contribution in [3.8, 4) is 5.75 Å². The van der Waals surface area contributed by atoms with Crippen LogP contribution in [0, 0.1) is 35.4 Å². The molecule has 3 aliphatic carbocycles. The molecule has 0 aliphatic heterocycles. The van der Waals surface area contributed by atoms with Gasteiger partial charge in [0.2, 0.25) is 5.91 Å². The van der Waals surface area contributed by atoms with Crippen LogP contribution in [0.4, 0.5) is 18.9 Å². The number of benzene rings is 1. The molecule has 172 valence electrons. The van der Waals surface area contributed by atoms with Crippen molar-refractivity contribution < 1.29 is 22.7 Å². The molecule has 5 atom stereocenters. The van der Waals surface area contributed by atoms with E-state index < -0.39 is 6.55 Å². The average Bonchev–Trinajstić information content (AvgIpc) is 3.62. The zero-order chi connectivity index (χ0) is 22.7. The van der Waals surface area contributed by atoms with E-state index in [2.05, 4.69) is 15.4 Å². The van der Waals surface area contributed by atoms with Gasteiger partial charge in [0, 0.05) is 17.5 Å². The van der Waals surface area contributed by atoms with E-state index in [-0.39, 0.29) is 23.7 Å². The van der Waals surface area contributed by atoms with Crippen LogP contribution >= 0.6 is 0 Å². The van der Waals surface area contributed by atoms with Crippen LogP contribution < -0.4 is 10.1 Å². The molecule has 1 amide bonds. The smallest absolute Gasteiger partial charge is 0.333 e. The molecule has 2 aromatic heterocycles. The summed E-state index contributed by atoms with van der Waals surface area (Å²) >= 11 is 0. The van der Waals surface area contributed by atoms with Gasteiger partial charge in [0.05, 0.1) is 29.7 Å². The molecule has 1 N–H and O–H groups in total. The number of ether oxygens (including phenoxy) is 1. The number of alkyl halides is 2. The monoisotopic (exact) mass is 456 g/mol. The van der Waals surface area contributed by atoms with Gasteiger partial charge >= 0.3 is 6.55 Å². The SMILES string of the molecule is O=C(Nc1cnn(C(F)F)c1)C(C1CC1)[C@H]1[C@@H]2C[C@@H](Oc3ccnc4ccc(F)cc34)C[C@@H]21. The second-order valence-electron chi connectivity index (χ2n) is 9.43. The summed E-state index contributed by atoms with van der Waals surface area (Å²) in [5.74, 6) is 1.60. The van der Waals surface area contributed by atoms with Gasteiger partial charge in [0.25, 0.3) is 0 Å². The van der Waals surface area contributed by atoms with Gasteiger partial charge in [-0.05, 0) is 73.6 Å². The number of hydrogen-bond acceptors (Lipinski definition) is 4. The minimum atomic E-state index is -2.73. The summed E-state index contributed by atoms with van der Waals surface area (Å²) in [5, 5.41) is 7.05. The lowest BCUT2D eigenvalue weighted by atomic mass is 9.91. The minimum absolute atomic E-state index is 0.0253. The average molecular weight is 456 g/mol. The van der Waals surface area contributed by atoms with Crippen molar-refractivity contribution in [3.05, 3.63) is 48.7 Å². The summed E-state index contributed by atoms with van der Waals surface area (Å²) in [5.41, 5.74) is 0.991. The maximum absolute atomic E-state index is 13.7. The van der Waals surface area contributed by atoms with Crippen molar-refractivity contribution >= 4 is 22.5 Å². The largest absolute Gasteiger partial charge is 0.490 e. The van der Waals surface area contributed by atoms with Gasteiger partial charge in [-0.1, -0.05) is 0 Å². The van der Waals surface area contributed by atoms with Gasteiger partial charge in [0.1, 0.15) is 11.6 Å². The van der Waals surface area contributed by atoms with E-state index in [1.807, 2.05) is 0 Å². The Morgan fingerprint density at radius 3 is 2.67 bits per heavy atom. The van der Waals surface area contributed by atoms with E-state index in [1.54, 1.807) is 18.3 Å². The number of nitrogens with one attached hydrogen (secondary N) is 1. The first-order valence-corrected chi connectivity index (χ1v) is 11.3. The van der Waals surface area contributed by atoms with Crippen molar-refractivity contribution in [1.29, 1.82) is 0 Å². The van der Waals surface area contributed by atoms with E-state index in [0.29, 0.717) is 50.7 Å². The predicted octanol–water partition coefficient (Wildman–Crippen LogP) is 5.03. The molecule has 6 nitrogen and oxygen atoms in total. The van der Waals surface area contributed by atoms with Crippen LogP contribution in [0.5, 0.6) is 5.75 Å². The third-order valence-corrected chi connectivity index (χ3v) is 7.34. The van der Waals surface area contributed by atoms with Crippen LogP contribution in [0.3, 0.4) is 0 Å². The Kier molecular flexibility index (Phi) is 4.81. The fourth-order valence-electron chi connectivity index (χ4n) is 5.74. The van der Waals surface area contributed by atoms with E-state index in [1.165, 1.54) is 18.3 Å². The number of carbonyl (C=O) groups excluding carboxylic acids is 1. The van der Waals surface area contributed by atoms with E-state index in [4.69, 9.17) is 4.74 Å². The Morgan fingerprint density at radius 1 is 1.18 bits per heavy atom. The number of amides is 1. The zero-order valence-corrected chi connectivity index (χ0v) is 17.7. The molecule has 6 rings (SSSR count). The maximum Gasteiger partial charge on any atom is 0.333 e. The van der Waals surface area contributed by atoms with Crippen LogP contribution in [0.1, 0.15) is 32.2 Å². The summed E-state index contributed by atoms with van der Waals surface area (Å²) in [6.07, 6.45) is 7.87. The maximum atomic E-state index is 13.7. The Bertz CT molecular complexity index is 1200. The lowest BCUT2D eigenvalue weighted by Crippen LogP contribution is -2.29. The third kappa shape index (κ3) is 3.83. The number of fused-ring (bicyclic) bond motifs is 2. The second kappa shape index (κ2) is 7.74. The quantitative estimate of drug-likeness (QED) is 0.541. The first kappa shape index (κ1) is 20.5. The highest BCUT2D eigenvalue weighted by atomic mass is 19.3. The summed E-state index contributed by atoms with van der Waals surface area (Å²) in [6.45, 7) is -2.73. The molecule has 1 unspecified atom stereocenters. The van der Waals surface area contributed by atoms with Crippen molar-refractivity contribution in [2.24, 2.45) is 29.6 Å². The number of carbonyl (C=O) groups is 1. The number of pyridine rings is 1. The van der Waals surface area contributed by atoms with Crippen LogP contribution in [0.2, 0.25) is 0 Å². The van der Waals surface area contributed by atoms with Gasteiger partial charge in [-0.25, -0.2) is 9.07 Å². The summed E-state index contributed by atoms with van der Waals surface area (Å²) in [6, 6.07) is 6.24. The molecule has 0 saturated heterocycles. The molecule has 1 aromatic carbocycles. The van der Waals surface area contributed by atoms with Crippen molar-refractivity contribution in [3.63, 3.8) is 0 Å². The highest BCUT2D eigenvalue weighted by Crippen LogP contribution is 2.64. The molecule has 9 heteroatoms. The van der Waals surface area contributed by atoms with Gasteiger partial charge in [-0.15, -0.1) is 0 Å². The number of aromatic nitrogens is 3. The number of hydrogen-bond donors (Lipinski definition) is 1. The van der Waals surface area contributed by atoms with Gasteiger partial charge < -0.3 is 10.1 Å². The topological polar surface area (TPSA) is 69.0 Å². The molecule has 2 heterocycles. The van der Waals surface area contributed by atoms with E-state index in [0.717, 1.165) is 31.9 Å². The number of rotatable bonds is 7. The fourth-order valence-corrected chi connectivity index (χ4v) is 5.74. The van der Waals surface area contributed by atoms with Gasteiger partial charge in [-0.3, -0.25) is 9.78 Å². The first-order chi connectivity index (χ1) is 16.0. The van der Waals surface area contributed by atoms with Gasteiger partial charge in [0.15, 0.2) is 0 Å². The van der Waals surface area contributed by atoms with Crippen molar-refractivity contribution in [2.45, 2.75) is 38.3 Å².